The van der Waals surface area contributed by atoms with E-state index in [9.17, 15) is 4.39 Å². The van der Waals surface area contributed by atoms with Gasteiger partial charge < -0.3 is 5.73 Å². The fourth-order valence-electron chi connectivity index (χ4n) is 1.69. The summed E-state index contributed by atoms with van der Waals surface area (Å²) in [5.74, 6) is 0.112. The predicted octanol–water partition coefficient (Wildman–Crippen LogP) is 2.12. The topological polar surface area (TPSA) is 56.2 Å². The van der Waals surface area contributed by atoms with Crippen LogP contribution < -0.4 is 5.73 Å². The van der Waals surface area contributed by atoms with Crippen molar-refractivity contribution in [2.45, 2.75) is 0 Å². The fraction of sp³-hybridized carbons (Fsp3) is 0. The molecule has 0 aliphatic heterocycles. The van der Waals surface area contributed by atoms with Crippen LogP contribution in [0, 0.1) is 5.82 Å². The molecule has 0 unspecified atom stereocenters. The lowest BCUT2D eigenvalue weighted by molar-refractivity contribution is 0.630. The highest BCUT2D eigenvalue weighted by atomic mass is 19.1. The number of nitrogen functional groups attached to an aromatic ring is 1. The van der Waals surface area contributed by atoms with Crippen LogP contribution in [-0.4, -0.2) is 14.6 Å². The van der Waals surface area contributed by atoms with Crippen molar-refractivity contribution in [3.8, 4) is 11.3 Å². The van der Waals surface area contributed by atoms with Crippen LogP contribution in [0.3, 0.4) is 0 Å². The SMILES string of the molecule is Nc1ccn2nc(-c3ccccc3F)cc2n1. The van der Waals surface area contributed by atoms with Gasteiger partial charge in [0.25, 0.3) is 0 Å². The summed E-state index contributed by atoms with van der Waals surface area (Å²) in [5, 5.41) is 4.24. The van der Waals surface area contributed by atoms with Gasteiger partial charge in [-0.25, -0.2) is 13.9 Å². The van der Waals surface area contributed by atoms with Crippen molar-refractivity contribution in [3.63, 3.8) is 0 Å². The van der Waals surface area contributed by atoms with Crippen molar-refractivity contribution >= 4 is 11.5 Å². The third-order valence-electron chi connectivity index (χ3n) is 2.50. The molecule has 0 amide bonds. The zero-order chi connectivity index (χ0) is 11.8. The smallest absolute Gasteiger partial charge is 0.157 e. The largest absolute Gasteiger partial charge is 0.384 e. The molecule has 2 N–H and O–H groups in total. The van der Waals surface area contributed by atoms with Gasteiger partial charge in [-0.15, -0.1) is 0 Å². The number of aromatic nitrogens is 3. The van der Waals surface area contributed by atoms with Gasteiger partial charge in [-0.1, -0.05) is 12.1 Å². The maximum atomic E-state index is 13.6. The van der Waals surface area contributed by atoms with Crippen LogP contribution in [0.4, 0.5) is 10.2 Å². The highest BCUT2D eigenvalue weighted by molar-refractivity contribution is 5.65. The van der Waals surface area contributed by atoms with E-state index in [1.54, 1.807) is 41.0 Å². The first-order chi connectivity index (χ1) is 8.24. The van der Waals surface area contributed by atoms with Crippen LogP contribution in [0.2, 0.25) is 0 Å². The molecule has 2 aromatic heterocycles. The van der Waals surface area contributed by atoms with Gasteiger partial charge in [-0.05, 0) is 18.2 Å². The molecule has 17 heavy (non-hydrogen) atoms. The minimum atomic E-state index is -0.302. The lowest BCUT2D eigenvalue weighted by atomic mass is 10.1. The minimum Gasteiger partial charge on any atom is -0.384 e. The van der Waals surface area contributed by atoms with Crippen molar-refractivity contribution in [1.82, 2.24) is 14.6 Å². The molecule has 0 aliphatic carbocycles. The van der Waals surface area contributed by atoms with Crippen molar-refractivity contribution < 1.29 is 4.39 Å². The van der Waals surface area contributed by atoms with Crippen LogP contribution in [-0.2, 0) is 0 Å². The van der Waals surface area contributed by atoms with Crippen LogP contribution >= 0.6 is 0 Å². The lowest BCUT2D eigenvalue weighted by Gasteiger charge is -1.96. The third-order valence-corrected chi connectivity index (χ3v) is 2.50. The molecule has 0 atom stereocenters. The Bertz CT molecular complexity index is 690. The average Bonchev–Trinajstić information content (AvgIpc) is 2.72. The number of anilines is 1. The summed E-state index contributed by atoms with van der Waals surface area (Å²) in [5.41, 5.74) is 7.17. The van der Waals surface area contributed by atoms with Crippen LogP contribution in [0.1, 0.15) is 0 Å². The summed E-state index contributed by atoms with van der Waals surface area (Å²) in [6.45, 7) is 0. The van der Waals surface area contributed by atoms with Crippen molar-refractivity contribution in [3.05, 3.63) is 48.4 Å². The van der Waals surface area contributed by atoms with Gasteiger partial charge in [0.2, 0.25) is 0 Å². The Hall–Kier alpha value is -2.43. The Kier molecular flexibility index (Phi) is 2.04. The van der Waals surface area contributed by atoms with Crippen LogP contribution in [0.5, 0.6) is 0 Å². The van der Waals surface area contributed by atoms with Crippen molar-refractivity contribution in [2.24, 2.45) is 0 Å². The number of nitrogens with zero attached hydrogens (tertiary/aromatic N) is 3. The predicted molar refractivity (Wildman–Crippen MR) is 62.8 cm³/mol. The van der Waals surface area contributed by atoms with Crippen LogP contribution in [0.15, 0.2) is 42.6 Å². The number of fused-ring (bicyclic) bond motifs is 1. The quantitative estimate of drug-likeness (QED) is 0.694. The third kappa shape index (κ3) is 1.61. The van der Waals surface area contributed by atoms with E-state index < -0.39 is 0 Å². The zero-order valence-electron chi connectivity index (χ0n) is 8.84. The van der Waals surface area contributed by atoms with Gasteiger partial charge >= 0.3 is 0 Å². The zero-order valence-corrected chi connectivity index (χ0v) is 8.84. The molecule has 3 rings (SSSR count). The Morgan fingerprint density at radius 3 is 2.82 bits per heavy atom. The van der Waals surface area contributed by atoms with E-state index in [1.165, 1.54) is 6.07 Å². The molecule has 84 valence electrons. The molecule has 0 saturated heterocycles. The molecule has 1 aromatic carbocycles. The van der Waals surface area contributed by atoms with Gasteiger partial charge in [0, 0.05) is 17.8 Å². The van der Waals surface area contributed by atoms with E-state index in [2.05, 4.69) is 10.1 Å². The van der Waals surface area contributed by atoms with E-state index in [0.717, 1.165) is 0 Å². The maximum absolute atomic E-state index is 13.6. The van der Waals surface area contributed by atoms with E-state index in [1.807, 2.05) is 0 Å². The normalized spacial score (nSPS) is 10.9. The molecule has 0 saturated carbocycles. The summed E-state index contributed by atoms with van der Waals surface area (Å²) in [6, 6.07) is 9.84. The summed E-state index contributed by atoms with van der Waals surface area (Å²) in [7, 11) is 0. The Morgan fingerprint density at radius 2 is 2.00 bits per heavy atom. The second-order valence-electron chi connectivity index (χ2n) is 3.66. The molecule has 4 nitrogen and oxygen atoms in total. The monoisotopic (exact) mass is 228 g/mol. The second kappa shape index (κ2) is 3.55. The van der Waals surface area contributed by atoms with Gasteiger partial charge in [-0.2, -0.15) is 5.10 Å². The number of hydrogen-bond acceptors (Lipinski definition) is 3. The Labute approximate surface area is 96.5 Å². The molecule has 3 aromatic rings. The summed E-state index contributed by atoms with van der Waals surface area (Å²) < 4.78 is 15.2. The summed E-state index contributed by atoms with van der Waals surface area (Å²) in [4.78, 5) is 4.11. The number of rotatable bonds is 1. The number of nitrogens with two attached hydrogens (primary N) is 1. The Morgan fingerprint density at radius 1 is 1.18 bits per heavy atom. The molecular formula is C12H9FN4. The van der Waals surface area contributed by atoms with E-state index in [-0.39, 0.29) is 5.82 Å². The van der Waals surface area contributed by atoms with E-state index >= 15 is 0 Å². The molecule has 0 aliphatic rings. The first-order valence-electron chi connectivity index (χ1n) is 5.11. The molecule has 0 fully saturated rings. The van der Waals surface area contributed by atoms with E-state index in [4.69, 9.17) is 5.73 Å². The number of halogens is 1. The second-order valence-corrected chi connectivity index (χ2v) is 3.66. The minimum absolute atomic E-state index is 0.302. The summed E-state index contributed by atoms with van der Waals surface area (Å²) in [6.07, 6.45) is 1.70. The average molecular weight is 228 g/mol. The maximum Gasteiger partial charge on any atom is 0.157 e. The highest BCUT2D eigenvalue weighted by Gasteiger charge is 2.09. The van der Waals surface area contributed by atoms with Crippen molar-refractivity contribution in [2.75, 3.05) is 5.73 Å². The molecule has 0 radical (unpaired) electrons. The number of hydrogen-bond donors (Lipinski definition) is 1. The van der Waals surface area contributed by atoms with Gasteiger partial charge in [0.05, 0.1) is 5.69 Å². The first kappa shape index (κ1) is 9.77. The Balaban J connectivity index is 2.22. The van der Waals surface area contributed by atoms with Crippen LogP contribution in [0.25, 0.3) is 16.9 Å². The van der Waals surface area contributed by atoms with Gasteiger partial charge in [-0.3, -0.25) is 0 Å². The van der Waals surface area contributed by atoms with E-state index in [0.29, 0.717) is 22.7 Å². The molecular weight excluding hydrogens is 219 g/mol. The van der Waals surface area contributed by atoms with Gasteiger partial charge in [0.1, 0.15) is 11.6 Å². The molecule has 0 bridgehead atoms. The van der Waals surface area contributed by atoms with Gasteiger partial charge in [0.15, 0.2) is 5.65 Å². The number of benzene rings is 1. The molecule has 5 heteroatoms. The lowest BCUT2D eigenvalue weighted by Crippen LogP contribution is -1.94. The summed E-state index contributed by atoms with van der Waals surface area (Å²) >= 11 is 0. The standard InChI is InChI=1S/C12H9FN4/c13-9-4-2-1-3-8(9)10-7-12-15-11(14)5-6-17(12)16-10/h1-7H,(H2,14,15). The molecule has 2 heterocycles. The van der Waals surface area contributed by atoms with Crippen molar-refractivity contribution in [1.29, 1.82) is 0 Å². The highest BCUT2D eigenvalue weighted by Crippen LogP contribution is 2.22. The fourth-order valence-corrected chi connectivity index (χ4v) is 1.69. The first-order valence-corrected chi connectivity index (χ1v) is 5.11. The molecule has 0 spiro atoms.